The summed E-state index contributed by atoms with van der Waals surface area (Å²) in [5, 5.41) is 49.6. The number of rotatable bonds is 22. The van der Waals surface area contributed by atoms with Crippen LogP contribution in [0.1, 0.15) is 126 Å². The molecule has 0 aliphatic carbocycles. The number of para-hydroxylation sites is 1. The van der Waals surface area contributed by atoms with Crippen LogP contribution < -0.4 is 31.5 Å². The summed E-state index contributed by atoms with van der Waals surface area (Å²) in [7, 11) is -5.17. The first-order valence-electron chi connectivity index (χ1n) is 18.1. The number of hydrogen-bond acceptors (Lipinski definition) is 15. The zero-order valence-corrected chi connectivity index (χ0v) is 61.0. The van der Waals surface area contributed by atoms with Crippen LogP contribution in [-0.4, -0.2) is 64.7 Å². The van der Waals surface area contributed by atoms with E-state index in [1.165, 1.54) is 83.5 Å². The van der Waals surface area contributed by atoms with Crippen molar-refractivity contribution in [1.82, 2.24) is 0 Å². The zero-order valence-electron chi connectivity index (χ0n) is 36.8. The molecule has 0 aliphatic heterocycles. The number of amides is 1. The molecular weight excluding hydrogens is 1390 g/mol. The summed E-state index contributed by atoms with van der Waals surface area (Å²) < 4.78 is 35.8. The molecule has 0 radical (unpaired) electrons. The Morgan fingerprint density at radius 2 is 1.08 bits per heavy atom. The van der Waals surface area contributed by atoms with Crippen LogP contribution in [0.2, 0.25) is 0 Å². The molecule has 0 fully saturated rings. The molecule has 1 amide bonds. The van der Waals surface area contributed by atoms with Gasteiger partial charge in [0.15, 0.2) is 0 Å². The summed E-state index contributed by atoms with van der Waals surface area (Å²) in [5.41, 5.74) is 5.98. The van der Waals surface area contributed by atoms with Crippen molar-refractivity contribution in [2.45, 2.75) is 122 Å². The van der Waals surface area contributed by atoms with Crippen molar-refractivity contribution in [1.29, 1.82) is 0 Å². The van der Waals surface area contributed by atoms with Gasteiger partial charge in [0.2, 0.25) is 0 Å². The molecule has 27 heteroatoms. The molecule has 4 N–H and O–H groups in total. The maximum absolute atomic E-state index is 12.1. The molecule has 2 aromatic carbocycles. The van der Waals surface area contributed by atoms with Crippen LogP contribution in [0, 0.1) is 0 Å². The van der Waals surface area contributed by atoms with Crippen molar-refractivity contribution >= 4 is 99.6 Å². The number of phenols is 1. The van der Waals surface area contributed by atoms with Gasteiger partial charge in [-0.1, -0.05) is 115 Å². The number of phenolic OH excluding ortho intramolecular Hbond substituents is 1. The Hall–Kier alpha value is 1.24. The standard InChI is InChI=1S/C18H36O2.C13H8Br3NO2.C5H11NO2S.CH2O3.H2O4S.O.6Zn/c1-2-3-4-5-6-7-8-9-10-11-12-13-14-15-16-17-18(19)20;14-9-6-8(12(18)11(16)10(9)15)13(19)17-7-4-2-1-3-5-7;1-9-3-2-4(6)5(7)8;2-1(3)4;1-5(2,3)4;;;;;;;/h2-17H2,1H3,(H,19,20);1-6,18H,(H,17,19);4H,2-3,6H2,1H3,(H,7,8);(H2,2,3,4);(H2,1,2,3,4);;;;;;;/q;;;;;-2;6*+2/p-6/t;;4-;;;;;;;;;/m..0........./s1. The van der Waals surface area contributed by atoms with Gasteiger partial charge in [-0.25, -0.2) is 0 Å². The van der Waals surface area contributed by atoms with Gasteiger partial charge in [-0.05, 0) is 103 Å². The molecule has 16 nitrogen and oxygen atoms in total. The molecule has 1 atom stereocenters. The number of nitrogens with two attached hydrogens (primary N) is 1. The van der Waals surface area contributed by atoms with Crippen LogP contribution >= 0.6 is 59.6 Å². The topological polar surface area (TPSA) is 328 Å². The second-order valence-electron chi connectivity index (χ2n) is 12.1. The van der Waals surface area contributed by atoms with Crippen molar-refractivity contribution in [2.75, 3.05) is 17.3 Å². The fourth-order valence-electron chi connectivity index (χ4n) is 4.48. The van der Waals surface area contributed by atoms with Gasteiger partial charge in [-0.3, -0.25) is 13.2 Å². The Balaban J connectivity index is -0.0000000769. The third-order valence-electron chi connectivity index (χ3n) is 7.33. The molecule has 64 heavy (non-hydrogen) atoms. The van der Waals surface area contributed by atoms with Crippen molar-refractivity contribution in [3.8, 4) is 5.75 Å². The molecule has 0 saturated heterocycles. The molecule has 336 valence electrons. The normalized spacial score (nSPS) is 9.56. The zero-order chi connectivity index (χ0) is 44.2. The molecule has 0 aromatic heterocycles. The first kappa shape index (κ1) is 88.2. The number of anilines is 1. The number of carbonyl (C=O) groups is 4. The van der Waals surface area contributed by atoms with Crippen LogP contribution in [0.5, 0.6) is 5.75 Å². The van der Waals surface area contributed by atoms with Crippen LogP contribution in [0.4, 0.5) is 10.5 Å². The van der Waals surface area contributed by atoms with E-state index in [1.807, 2.05) is 24.5 Å². The number of thioether (sulfide) groups is 1. The number of nitrogens with one attached hydrogen (secondary N) is 1. The van der Waals surface area contributed by atoms with E-state index in [1.54, 1.807) is 30.0 Å². The predicted octanol–water partition coefficient (Wildman–Crippen LogP) is 4.83. The number of halogens is 3. The fourth-order valence-corrected chi connectivity index (χ4v) is 6.39. The smallest absolute Gasteiger partial charge is 2.00 e. The van der Waals surface area contributed by atoms with Crippen molar-refractivity contribution in [3.05, 3.63) is 55.4 Å². The Morgan fingerprint density at radius 3 is 1.41 bits per heavy atom. The molecule has 0 saturated carbocycles. The summed E-state index contributed by atoms with van der Waals surface area (Å²) in [4.78, 5) is 40.6. The first-order valence-corrected chi connectivity index (χ1v) is 23.2. The number of aromatic hydroxyl groups is 1. The van der Waals surface area contributed by atoms with Crippen LogP contribution in [0.25, 0.3) is 0 Å². The van der Waals surface area contributed by atoms with E-state index in [0.29, 0.717) is 25.5 Å². The van der Waals surface area contributed by atoms with Crippen molar-refractivity contribution in [2.24, 2.45) is 5.73 Å². The number of benzene rings is 2. The number of unbranched alkanes of at least 4 members (excludes halogenated alkanes) is 14. The van der Waals surface area contributed by atoms with Gasteiger partial charge in [-0.15, -0.1) is 0 Å². The summed E-state index contributed by atoms with van der Waals surface area (Å²) in [6.07, 6.45) is 19.9. The maximum Gasteiger partial charge on any atom is 2.00 e. The largest absolute Gasteiger partial charge is 2.00 e. The van der Waals surface area contributed by atoms with E-state index in [4.69, 9.17) is 38.3 Å². The van der Waals surface area contributed by atoms with E-state index in [2.05, 4.69) is 60.0 Å². The Labute approximate surface area is 484 Å². The minimum atomic E-state index is -5.17. The van der Waals surface area contributed by atoms with Gasteiger partial charge < -0.3 is 65.5 Å². The summed E-state index contributed by atoms with van der Waals surface area (Å²) in [5.74, 6) is -1.78. The number of hydrogen-bond donors (Lipinski definition) is 3. The third-order valence-corrected chi connectivity index (χ3v) is 11.3. The first-order chi connectivity index (χ1) is 26.7. The number of aliphatic carboxylic acids is 2. The van der Waals surface area contributed by atoms with E-state index in [0.717, 1.165) is 18.6 Å². The fraction of sp³-hybridized carbons (Fsp3) is 0.568. The van der Waals surface area contributed by atoms with Gasteiger partial charge in [0.05, 0.1) is 16.0 Å². The minimum absolute atomic E-state index is 0. The molecule has 2 aromatic rings. The quantitative estimate of drug-likeness (QED) is 0.0467. The molecule has 0 aliphatic rings. The summed E-state index contributed by atoms with van der Waals surface area (Å²) in [6, 6.07) is 9.82. The van der Waals surface area contributed by atoms with Crippen LogP contribution in [-0.2, 0) is 142 Å². The van der Waals surface area contributed by atoms with E-state index < -0.39 is 34.5 Å². The molecular formula is C37H53Br3N2O14S2Zn6+4. The maximum atomic E-state index is 12.1. The summed E-state index contributed by atoms with van der Waals surface area (Å²) >= 11 is 11.4. The van der Waals surface area contributed by atoms with Gasteiger partial charge in [0.25, 0.3) is 5.91 Å². The molecule has 0 unspecified atom stereocenters. The second kappa shape index (κ2) is 58.6. The van der Waals surface area contributed by atoms with E-state index in [9.17, 15) is 29.7 Å². The second-order valence-corrected chi connectivity index (χ2v) is 16.4. The van der Waals surface area contributed by atoms with Gasteiger partial charge in [-0.2, -0.15) is 11.8 Å². The Kier molecular flexibility index (Phi) is 80.7. The number of carboxylic acids is 2. The monoisotopic (exact) mass is 1430 g/mol. The van der Waals surface area contributed by atoms with Gasteiger partial charge in [0.1, 0.15) is 5.75 Å². The molecule has 2 rings (SSSR count). The third kappa shape index (κ3) is 63.2. The van der Waals surface area contributed by atoms with Crippen molar-refractivity contribution in [3.63, 3.8) is 0 Å². The predicted molar refractivity (Wildman–Crippen MR) is 223 cm³/mol. The molecule has 0 bridgehead atoms. The van der Waals surface area contributed by atoms with E-state index >= 15 is 0 Å². The Morgan fingerprint density at radius 1 is 0.719 bits per heavy atom. The van der Waals surface area contributed by atoms with Crippen LogP contribution in [0.3, 0.4) is 0 Å². The van der Waals surface area contributed by atoms with Crippen molar-refractivity contribution < 1.29 is 185 Å². The minimum Gasteiger partial charge on any atom is -2.00 e. The Bertz CT molecular complexity index is 1530. The average molecular weight is 1450 g/mol. The number of carbonyl (C=O) groups excluding carboxylic acids is 4. The average Bonchev–Trinajstić information content (AvgIpc) is 3.12. The van der Waals surface area contributed by atoms with Gasteiger partial charge >= 0.3 is 117 Å². The molecule has 0 spiro atoms. The molecule has 0 heterocycles. The van der Waals surface area contributed by atoms with Crippen LogP contribution in [0.15, 0.2) is 49.8 Å². The SMILES string of the molecule is CCCCCCCCCCCCCCCCCC(=O)[O-].CSCC[C@H](N)C(=O)[O-].O=C(Nc1ccccc1)c1cc(Br)c(Br)c(Br)c1O.O=C([O-])[O-].O=S(=O)([O-])[O-].[O-2].[Zn+2].[Zn+2].[Zn+2].[Zn+2].[Zn+2].[Zn+2]. The van der Waals surface area contributed by atoms with Gasteiger partial charge in [0, 0.05) is 37.0 Å². The van der Waals surface area contributed by atoms with E-state index in [-0.39, 0.29) is 146 Å². The summed E-state index contributed by atoms with van der Waals surface area (Å²) in [6.45, 7) is 2.27. The number of carboxylic acid groups (broad SMARTS) is 4.